The maximum Gasteiger partial charge on any atom is 0.514 e. The van der Waals surface area contributed by atoms with Crippen LogP contribution in [0.4, 0.5) is 10.5 Å². The SMILES string of the molecule is CC(C)(C)OC(=O)Nc1ccc(B2OC(C)(C)C(C)(C)O2)nc1. The molecule has 1 aromatic heterocycles. The summed E-state index contributed by atoms with van der Waals surface area (Å²) >= 11 is 0. The molecule has 1 aliphatic rings. The lowest BCUT2D eigenvalue weighted by atomic mass is 9.84. The third kappa shape index (κ3) is 4.23. The van der Waals surface area contributed by atoms with Crippen LogP contribution in [0.3, 0.4) is 0 Å². The molecule has 6 nitrogen and oxygen atoms in total. The molecule has 2 heterocycles. The lowest BCUT2D eigenvalue weighted by Crippen LogP contribution is -2.41. The van der Waals surface area contributed by atoms with E-state index in [0.717, 1.165) is 0 Å². The number of nitrogens with one attached hydrogen (secondary N) is 1. The Balaban J connectivity index is 2.02. The van der Waals surface area contributed by atoms with Crippen LogP contribution in [0.2, 0.25) is 0 Å². The molecule has 2 rings (SSSR count). The first-order valence-electron chi connectivity index (χ1n) is 7.71. The molecule has 0 spiro atoms. The van der Waals surface area contributed by atoms with E-state index in [1.165, 1.54) is 0 Å². The van der Waals surface area contributed by atoms with E-state index in [-0.39, 0.29) is 0 Å². The normalized spacial score (nSPS) is 19.5. The molecule has 1 N–H and O–H groups in total. The number of carbonyl (C=O) groups excluding carboxylic acids is 1. The molecule has 1 saturated heterocycles. The summed E-state index contributed by atoms with van der Waals surface area (Å²) < 4.78 is 17.1. The highest BCUT2D eigenvalue weighted by atomic mass is 16.7. The molecule has 126 valence electrons. The summed E-state index contributed by atoms with van der Waals surface area (Å²) in [5, 5.41) is 2.64. The largest absolute Gasteiger partial charge is 0.514 e. The number of rotatable bonds is 2. The number of carbonyl (C=O) groups is 1. The molecule has 0 radical (unpaired) electrons. The third-order valence-corrected chi connectivity index (χ3v) is 3.93. The predicted octanol–water partition coefficient (Wildman–Crippen LogP) is 2.73. The van der Waals surface area contributed by atoms with Gasteiger partial charge in [-0.1, -0.05) is 0 Å². The minimum Gasteiger partial charge on any atom is -0.444 e. The first-order chi connectivity index (χ1) is 10.4. The van der Waals surface area contributed by atoms with Crippen molar-refractivity contribution in [3.8, 4) is 0 Å². The number of pyridine rings is 1. The standard InChI is InChI=1S/C16H25BN2O4/c1-14(2,3)21-13(20)19-11-8-9-12(18-10-11)17-22-15(4,5)16(6,7)23-17/h8-10H,1-7H3,(H,19,20). The van der Waals surface area contributed by atoms with Crippen molar-refractivity contribution in [3.05, 3.63) is 18.3 Å². The molecule has 0 aliphatic carbocycles. The molecular weight excluding hydrogens is 295 g/mol. The zero-order valence-electron chi connectivity index (χ0n) is 14.9. The van der Waals surface area contributed by atoms with Gasteiger partial charge in [-0.3, -0.25) is 10.3 Å². The predicted molar refractivity (Wildman–Crippen MR) is 89.8 cm³/mol. The Bertz CT molecular complexity index is 563. The van der Waals surface area contributed by atoms with E-state index in [1.54, 1.807) is 18.3 Å². The van der Waals surface area contributed by atoms with Crippen LogP contribution in [0.5, 0.6) is 0 Å². The van der Waals surface area contributed by atoms with Gasteiger partial charge in [0.1, 0.15) is 5.60 Å². The highest BCUT2D eigenvalue weighted by molar-refractivity contribution is 6.61. The van der Waals surface area contributed by atoms with E-state index in [4.69, 9.17) is 14.0 Å². The fourth-order valence-corrected chi connectivity index (χ4v) is 2.00. The molecule has 7 heteroatoms. The van der Waals surface area contributed by atoms with Crippen molar-refractivity contribution < 1.29 is 18.8 Å². The van der Waals surface area contributed by atoms with E-state index in [2.05, 4.69) is 10.3 Å². The Morgan fingerprint density at radius 3 is 2.17 bits per heavy atom. The van der Waals surface area contributed by atoms with Gasteiger partial charge in [0, 0.05) is 0 Å². The fourth-order valence-electron chi connectivity index (χ4n) is 2.00. The van der Waals surface area contributed by atoms with E-state index in [9.17, 15) is 4.79 Å². The summed E-state index contributed by atoms with van der Waals surface area (Å²) in [4.78, 5) is 16.1. The van der Waals surface area contributed by atoms with E-state index >= 15 is 0 Å². The second-order valence-electron chi connectivity index (χ2n) is 7.69. The Kier molecular flexibility index (Phi) is 4.48. The second kappa shape index (κ2) is 5.80. The maximum atomic E-state index is 11.7. The van der Waals surface area contributed by atoms with Crippen LogP contribution in [0.25, 0.3) is 0 Å². The number of nitrogens with zero attached hydrogens (tertiary/aromatic N) is 1. The fraction of sp³-hybridized carbons (Fsp3) is 0.625. The summed E-state index contributed by atoms with van der Waals surface area (Å²) in [6, 6.07) is 3.52. The Hall–Kier alpha value is -1.60. The number of hydrogen-bond donors (Lipinski definition) is 1. The quantitative estimate of drug-likeness (QED) is 0.849. The van der Waals surface area contributed by atoms with Gasteiger partial charge < -0.3 is 14.0 Å². The molecular formula is C16H25BN2O4. The van der Waals surface area contributed by atoms with Gasteiger partial charge >= 0.3 is 13.2 Å². The minimum absolute atomic E-state index is 0.410. The molecule has 0 saturated carbocycles. The van der Waals surface area contributed by atoms with Gasteiger partial charge in [0.05, 0.1) is 28.7 Å². The highest BCUT2D eigenvalue weighted by Crippen LogP contribution is 2.36. The van der Waals surface area contributed by atoms with Crippen molar-refractivity contribution in [3.63, 3.8) is 0 Å². The van der Waals surface area contributed by atoms with Gasteiger partial charge in [-0.25, -0.2) is 4.79 Å². The molecule has 23 heavy (non-hydrogen) atoms. The zero-order chi connectivity index (χ0) is 17.5. The number of amides is 1. The molecule has 0 atom stereocenters. The lowest BCUT2D eigenvalue weighted by molar-refractivity contribution is 0.00578. The molecule has 0 aromatic carbocycles. The summed E-state index contributed by atoms with van der Waals surface area (Å²) in [5.74, 6) is 0. The van der Waals surface area contributed by atoms with Crippen molar-refractivity contribution in [2.75, 3.05) is 5.32 Å². The second-order valence-corrected chi connectivity index (χ2v) is 7.69. The first-order valence-corrected chi connectivity index (χ1v) is 7.71. The highest BCUT2D eigenvalue weighted by Gasteiger charge is 2.52. The summed E-state index contributed by atoms with van der Waals surface area (Å²) in [7, 11) is -0.518. The van der Waals surface area contributed by atoms with Crippen LogP contribution in [0.15, 0.2) is 18.3 Å². The van der Waals surface area contributed by atoms with Crippen LogP contribution in [-0.2, 0) is 14.0 Å². The van der Waals surface area contributed by atoms with Gasteiger partial charge in [-0.15, -0.1) is 0 Å². The van der Waals surface area contributed by atoms with Gasteiger partial charge in [-0.2, -0.15) is 0 Å². The number of hydrogen-bond acceptors (Lipinski definition) is 5. The van der Waals surface area contributed by atoms with Crippen LogP contribution in [0, 0.1) is 0 Å². The third-order valence-electron chi connectivity index (χ3n) is 3.93. The van der Waals surface area contributed by atoms with Gasteiger partial charge in [-0.05, 0) is 60.6 Å². The monoisotopic (exact) mass is 320 g/mol. The smallest absolute Gasteiger partial charge is 0.444 e. The van der Waals surface area contributed by atoms with Crippen LogP contribution in [0.1, 0.15) is 48.5 Å². The van der Waals surface area contributed by atoms with E-state index in [0.29, 0.717) is 11.3 Å². The van der Waals surface area contributed by atoms with Crippen molar-refractivity contribution >= 4 is 24.5 Å². The summed E-state index contributed by atoms with van der Waals surface area (Å²) in [6.45, 7) is 13.4. The molecule has 0 unspecified atom stereocenters. The van der Waals surface area contributed by atoms with Crippen molar-refractivity contribution in [2.24, 2.45) is 0 Å². The van der Waals surface area contributed by atoms with E-state index < -0.39 is 30.0 Å². The van der Waals surface area contributed by atoms with Crippen molar-refractivity contribution in [1.82, 2.24) is 4.98 Å². The van der Waals surface area contributed by atoms with Crippen LogP contribution in [-0.4, -0.2) is 35.0 Å². The topological polar surface area (TPSA) is 69.7 Å². The number of anilines is 1. The first kappa shape index (κ1) is 17.8. The molecule has 1 aromatic rings. The van der Waals surface area contributed by atoms with Gasteiger partial charge in [0.2, 0.25) is 0 Å². The molecule has 0 bridgehead atoms. The maximum absolute atomic E-state index is 11.7. The lowest BCUT2D eigenvalue weighted by Gasteiger charge is -2.32. The van der Waals surface area contributed by atoms with Crippen molar-refractivity contribution in [1.29, 1.82) is 0 Å². The molecule has 1 amide bonds. The Labute approximate surface area is 138 Å². The van der Waals surface area contributed by atoms with Crippen LogP contribution >= 0.6 is 0 Å². The minimum atomic E-state index is -0.542. The Morgan fingerprint density at radius 2 is 1.74 bits per heavy atom. The number of ether oxygens (including phenoxy) is 1. The van der Waals surface area contributed by atoms with Gasteiger partial charge in [0.25, 0.3) is 0 Å². The average molecular weight is 320 g/mol. The molecule has 1 fully saturated rings. The Morgan fingerprint density at radius 1 is 1.17 bits per heavy atom. The molecule has 1 aliphatic heterocycles. The zero-order valence-corrected chi connectivity index (χ0v) is 14.9. The average Bonchev–Trinajstić information content (AvgIpc) is 2.56. The van der Waals surface area contributed by atoms with Crippen molar-refractivity contribution in [2.45, 2.75) is 65.3 Å². The van der Waals surface area contributed by atoms with Gasteiger partial charge in [0.15, 0.2) is 0 Å². The van der Waals surface area contributed by atoms with E-state index in [1.807, 2.05) is 48.5 Å². The summed E-state index contributed by atoms with van der Waals surface area (Å²) in [6.07, 6.45) is 1.05. The number of aromatic nitrogens is 1. The summed E-state index contributed by atoms with van der Waals surface area (Å²) in [5.41, 5.74) is -0.141. The van der Waals surface area contributed by atoms with Crippen LogP contribution < -0.4 is 10.9 Å².